The largest absolute Gasteiger partial charge is 0.480 e. The monoisotopic (exact) mass is 250 g/mol. The van der Waals surface area contributed by atoms with Crippen molar-refractivity contribution in [3.63, 3.8) is 0 Å². The summed E-state index contributed by atoms with van der Waals surface area (Å²) >= 11 is 0. The first-order valence-corrected chi connectivity index (χ1v) is 6.08. The summed E-state index contributed by atoms with van der Waals surface area (Å²) in [6.45, 7) is 6.17. The normalized spacial score (nSPS) is 14.3. The number of hydrogen-bond acceptors (Lipinski definition) is 3. The van der Waals surface area contributed by atoms with E-state index < -0.39 is 12.0 Å². The van der Waals surface area contributed by atoms with Crippen molar-refractivity contribution >= 4 is 5.97 Å². The summed E-state index contributed by atoms with van der Waals surface area (Å²) < 4.78 is 0. The van der Waals surface area contributed by atoms with Gasteiger partial charge in [0.05, 0.1) is 6.04 Å². The van der Waals surface area contributed by atoms with Crippen LogP contribution >= 0.6 is 0 Å². The molecule has 0 aliphatic rings. The van der Waals surface area contributed by atoms with Crippen molar-refractivity contribution in [3.8, 4) is 0 Å². The van der Waals surface area contributed by atoms with Crippen LogP contribution in [0.4, 0.5) is 0 Å². The second kappa shape index (κ2) is 5.98. The van der Waals surface area contributed by atoms with Crippen LogP contribution in [0.15, 0.2) is 12.1 Å². The molecule has 1 aromatic carbocycles. The number of carboxylic acid groups (broad SMARTS) is 1. The molecular weight excluding hydrogens is 228 g/mol. The summed E-state index contributed by atoms with van der Waals surface area (Å²) in [6.07, 6.45) is 0. The summed E-state index contributed by atoms with van der Waals surface area (Å²) in [5, 5.41) is 15.2. The fourth-order valence-corrected chi connectivity index (χ4v) is 2.25. The quantitative estimate of drug-likeness (QED) is 0.742. The molecule has 0 fully saturated rings. The molecule has 0 amide bonds. The fraction of sp³-hybridized carbons (Fsp3) is 0.500. The molecule has 1 rings (SSSR count). The van der Waals surface area contributed by atoms with Gasteiger partial charge in [-0.2, -0.15) is 0 Å². The molecule has 100 valence electrons. The van der Waals surface area contributed by atoms with Crippen molar-refractivity contribution in [2.75, 3.05) is 14.1 Å². The second-order valence-corrected chi connectivity index (χ2v) is 4.59. The van der Waals surface area contributed by atoms with Gasteiger partial charge in [0.25, 0.3) is 0 Å². The van der Waals surface area contributed by atoms with Crippen LogP contribution in [0.1, 0.15) is 28.3 Å². The molecule has 0 saturated carbocycles. The molecule has 0 aliphatic heterocycles. The van der Waals surface area contributed by atoms with E-state index in [2.05, 4.69) is 24.5 Å². The fourth-order valence-electron chi connectivity index (χ4n) is 2.25. The van der Waals surface area contributed by atoms with Gasteiger partial charge in [-0.25, -0.2) is 0 Å². The van der Waals surface area contributed by atoms with Gasteiger partial charge in [0.1, 0.15) is 6.04 Å². The van der Waals surface area contributed by atoms with Gasteiger partial charge in [-0.05, 0) is 57.1 Å². The number of rotatable bonds is 5. The lowest BCUT2D eigenvalue weighted by atomic mass is 9.91. The molecule has 0 saturated heterocycles. The predicted octanol–water partition coefficient (Wildman–Crippen LogP) is 1.54. The molecule has 0 spiro atoms. The van der Waals surface area contributed by atoms with Gasteiger partial charge in [0.2, 0.25) is 0 Å². The zero-order chi connectivity index (χ0) is 13.9. The van der Waals surface area contributed by atoms with Crippen molar-refractivity contribution in [1.29, 1.82) is 0 Å². The summed E-state index contributed by atoms with van der Waals surface area (Å²) in [5.41, 5.74) is 4.62. The summed E-state index contributed by atoms with van der Waals surface area (Å²) in [6, 6.07) is 3.16. The number of carboxylic acids is 1. The number of nitrogens with one attached hydrogen (secondary N) is 2. The topological polar surface area (TPSA) is 61.4 Å². The molecule has 4 heteroatoms. The number of likely N-dealkylation sites (N-methyl/N-ethyl adjacent to an activating group) is 2. The van der Waals surface area contributed by atoms with Gasteiger partial charge in [0.15, 0.2) is 0 Å². The molecule has 3 N–H and O–H groups in total. The van der Waals surface area contributed by atoms with Gasteiger partial charge < -0.3 is 15.7 Å². The van der Waals surface area contributed by atoms with Crippen molar-refractivity contribution in [2.45, 2.75) is 32.9 Å². The molecule has 1 aromatic rings. The number of carbonyl (C=O) groups is 1. The third-order valence-electron chi connectivity index (χ3n) is 3.66. The van der Waals surface area contributed by atoms with E-state index in [0.717, 1.165) is 11.1 Å². The number of aryl methyl sites for hydroxylation is 1. The minimum absolute atomic E-state index is 0.244. The highest BCUT2D eigenvalue weighted by Crippen LogP contribution is 2.25. The van der Waals surface area contributed by atoms with E-state index >= 15 is 0 Å². The minimum Gasteiger partial charge on any atom is -0.480 e. The van der Waals surface area contributed by atoms with Crippen LogP contribution < -0.4 is 10.6 Å². The van der Waals surface area contributed by atoms with Crippen molar-refractivity contribution in [1.82, 2.24) is 10.6 Å². The summed E-state index contributed by atoms with van der Waals surface area (Å²) in [5.74, 6) is -0.852. The van der Waals surface area contributed by atoms with Crippen LogP contribution in [0.3, 0.4) is 0 Å². The molecule has 0 radical (unpaired) electrons. The first kappa shape index (κ1) is 14.7. The molecule has 2 unspecified atom stereocenters. The van der Waals surface area contributed by atoms with E-state index in [9.17, 15) is 9.90 Å². The second-order valence-electron chi connectivity index (χ2n) is 4.59. The number of benzene rings is 1. The Morgan fingerprint density at radius 3 is 2.17 bits per heavy atom. The molecule has 4 nitrogen and oxygen atoms in total. The Balaban J connectivity index is 3.25. The smallest absolute Gasteiger partial charge is 0.322 e. The Labute approximate surface area is 108 Å². The summed E-state index contributed by atoms with van der Waals surface area (Å²) in [7, 11) is 3.45. The Hall–Kier alpha value is -1.39. The lowest BCUT2D eigenvalue weighted by Crippen LogP contribution is -2.44. The molecule has 0 bridgehead atoms. The lowest BCUT2D eigenvalue weighted by molar-refractivity contribution is -0.140. The van der Waals surface area contributed by atoms with Crippen molar-refractivity contribution in [3.05, 3.63) is 34.4 Å². The van der Waals surface area contributed by atoms with E-state index in [-0.39, 0.29) is 6.04 Å². The molecular formula is C14H22N2O2. The molecule has 18 heavy (non-hydrogen) atoms. The zero-order valence-electron chi connectivity index (χ0n) is 11.7. The Morgan fingerprint density at radius 2 is 1.72 bits per heavy atom. The third-order valence-corrected chi connectivity index (χ3v) is 3.66. The highest BCUT2D eigenvalue weighted by molar-refractivity contribution is 5.75. The highest BCUT2D eigenvalue weighted by Gasteiger charge is 2.28. The van der Waals surface area contributed by atoms with E-state index in [1.54, 1.807) is 14.1 Å². The Kier molecular flexibility index (Phi) is 4.87. The maximum Gasteiger partial charge on any atom is 0.322 e. The highest BCUT2D eigenvalue weighted by atomic mass is 16.4. The third kappa shape index (κ3) is 2.71. The van der Waals surface area contributed by atoms with Crippen LogP contribution in [0.2, 0.25) is 0 Å². The van der Waals surface area contributed by atoms with E-state index in [1.165, 1.54) is 11.1 Å². The molecule has 0 aliphatic carbocycles. The van der Waals surface area contributed by atoms with Crippen LogP contribution in [0, 0.1) is 20.8 Å². The zero-order valence-corrected chi connectivity index (χ0v) is 11.7. The van der Waals surface area contributed by atoms with Gasteiger partial charge in [0, 0.05) is 0 Å². The number of hydrogen-bond donors (Lipinski definition) is 3. The predicted molar refractivity (Wildman–Crippen MR) is 72.9 cm³/mol. The van der Waals surface area contributed by atoms with Gasteiger partial charge >= 0.3 is 5.97 Å². The van der Waals surface area contributed by atoms with Gasteiger partial charge in [-0.3, -0.25) is 4.79 Å². The minimum atomic E-state index is -0.852. The van der Waals surface area contributed by atoms with Gasteiger partial charge in [-0.1, -0.05) is 12.1 Å². The average Bonchev–Trinajstić information content (AvgIpc) is 2.33. The van der Waals surface area contributed by atoms with E-state index in [1.807, 2.05) is 19.1 Å². The Morgan fingerprint density at radius 1 is 1.11 bits per heavy atom. The SMILES string of the molecule is CNC(C(=O)O)C(NC)c1ccc(C)c(C)c1C. The first-order chi connectivity index (χ1) is 8.43. The lowest BCUT2D eigenvalue weighted by Gasteiger charge is -2.26. The average molecular weight is 250 g/mol. The molecule has 2 atom stereocenters. The molecule has 0 aromatic heterocycles. The van der Waals surface area contributed by atoms with Crippen molar-refractivity contribution in [2.24, 2.45) is 0 Å². The van der Waals surface area contributed by atoms with Crippen LogP contribution in [-0.2, 0) is 4.79 Å². The Bertz CT molecular complexity index is 444. The molecule has 0 heterocycles. The van der Waals surface area contributed by atoms with Gasteiger partial charge in [-0.15, -0.1) is 0 Å². The summed E-state index contributed by atoms with van der Waals surface area (Å²) in [4.78, 5) is 11.3. The van der Waals surface area contributed by atoms with Crippen LogP contribution in [-0.4, -0.2) is 31.2 Å². The van der Waals surface area contributed by atoms with E-state index in [0.29, 0.717) is 0 Å². The standard InChI is InChI=1S/C14H22N2O2/c1-8-6-7-11(10(3)9(8)2)12(15-4)13(16-5)14(17)18/h6-7,12-13,15-16H,1-5H3,(H,17,18). The first-order valence-electron chi connectivity index (χ1n) is 6.08. The van der Waals surface area contributed by atoms with Crippen LogP contribution in [0.5, 0.6) is 0 Å². The maximum absolute atomic E-state index is 11.3. The number of aliphatic carboxylic acids is 1. The van der Waals surface area contributed by atoms with E-state index in [4.69, 9.17) is 0 Å². The van der Waals surface area contributed by atoms with Crippen LogP contribution in [0.25, 0.3) is 0 Å². The van der Waals surface area contributed by atoms with Crippen molar-refractivity contribution < 1.29 is 9.90 Å². The maximum atomic E-state index is 11.3.